The number of carbonyl (C=O) groups is 1. The molecule has 0 heterocycles. The normalized spacial score (nSPS) is 11.3. The summed E-state index contributed by atoms with van der Waals surface area (Å²) in [5.74, 6) is 0.101. The lowest BCUT2D eigenvalue weighted by molar-refractivity contribution is -0.119. The molecular formula is C20H22ClN3O4S. The summed E-state index contributed by atoms with van der Waals surface area (Å²) in [5.41, 5.74) is 3.98. The highest BCUT2D eigenvalue weighted by molar-refractivity contribution is 7.92. The second-order valence-electron chi connectivity index (χ2n) is 6.12. The van der Waals surface area contributed by atoms with E-state index in [4.69, 9.17) is 16.3 Å². The number of benzene rings is 2. The number of nitrogens with one attached hydrogen (secondary N) is 1. The van der Waals surface area contributed by atoms with Gasteiger partial charge < -0.3 is 4.74 Å². The van der Waals surface area contributed by atoms with E-state index in [2.05, 4.69) is 17.1 Å². The van der Waals surface area contributed by atoms with Crippen LogP contribution in [0.25, 0.3) is 0 Å². The molecule has 29 heavy (non-hydrogen) atoms. The van der Waals surface area contributed by atoms with Crippen molar-refractivity contribution in [2.75, 3.05) is 23.7 Å². The van der Waals surface area contributed by atoms with Crippen LogP contribution >= 0.6 is 11.6 Å². The van der Waals surface area contributed by atoms with Crippen molar-refractivity contribution in [3.05, 3.63) is 71.3 Å². The number of hydrazone groups is 1. The van der Waals surface area contributed by atoms with E-state index in [9.17, 15) is 13.2 Å². The first-order valence-corrected chi connectivity index (χ1v) is 10.8. The van der Waals surface area contributed by atoms with Crippen molar-refractivity contribution < 1.29 is 17.9 Å². The number of carbonyl (C=O) groups excluding carboxylic acids is 1. The van der Waals surface area contributed by atoms with Gasteiger partial charge in [0.25, 0.3) is 5.91 Å². The lowest BCUT2D eigenvalue weighted by Gasteiger charge is -2.23. The van der Waals surface area contributed by atoms with Gasteiger partial charge in [-0.3, -0.25) is 9.10 Å². The van der Waals surface area contributed by atoms with Crippen LogP contribution in [0.1, 0.15) is 11.1 Å². The second-order valence-corrected chi connectivity index (χ2v) is 8.43. The Balaban J connectivity index is 2.04. The minimum absolute atomic E-state index is 0.342. The van der Waals surface area contributed by atoms with E-state index in [0.717, 1.165) is 16.1 Å². The molecule has 0 unspecified atom stereocenters. The third-order valence-corrected chi connectivity index (χ3v) is 5.38. The van der Waals surface area contributed by atoms with Gasteiger partial charge in [-0.25, -0.2) is 13.8 Å². The van der Waals surface area contributed by atoms with Crippen molar-refractivity contribution >= 4 is 39.4 Å². The molecule has 0 saturated heterocycles. The quantitative estimate of drug-likeness (QED) is 0.372. The largest absolute Gasteiger partial charge is 0.490 e. The first-order valence-electron chi connectivity index (χ1n) is 8.61. The van der Waals surface area contributed by atoms with E-state index in [-0.39, 0.29) is 0 Å². The zero-order valence-electron chi connectivity index (χ0n) is 16.1. The highest BCUT2D eigenvalue weighted by Crippen LogP contribution is 2.27. The van der Waals surface area contributed by atoms with Crippen LogP contribution in [0.2, 0.25) is 5.02 Å². The van der Waals surface area contributed by atoms with Crippen molar-refractivity contribution in [2.24, 2.45) is 5.10 Å². The summed E-state index contributed by atoms with van der Waals surface area (Å²) in [6.45, 7) is 5.25. The van der Waals surface area contributed by atoms with Gasteiger partial charge in [-0.1, -0.05) is 30.3 Å². The summed E-state index contributed by atoms with van der Waals surface area (Å²) in [4.78, 5) is 12.2. The number of anilines is 1. The van der Waals surface area contributed by atoms with Crippen molar-refractivity contribution in [1.82, 2.24) is 5.43 Å². The van der Waals surface area contributed by atoms with Crippen LogP contribution < -0.4 is 14.5 Å². The van der Waals surface area contributed by atoms with Crippen LogP contribution in [0.15, 0.2) is 60.2 Å². The third kappa shape index (κ3) is 6.62. The maximum absolute atomic E-state index is 12.2. The molecule has 154 valence electrons. The molecule has 0 atom stereocenters. The molecule has 1 amide bonds. The van der Waals surface area contributed by atoms with Gasteiger partial charge in [0.05, 0.1) is 18.2 Å². The maximum Gasteiger partial charge on any atom is 0.260 e. The highest BCUT2D eigenvalue weighted by Gasteiger charge is 2.22. The monoisotopic (exact) mass is 435 g/mol. The number of rotatable bonds is 9. The first-order chi connectivity index (χ1) is 13.7. The fourth-order valence-corrected chi connectivity index (χ4v) is 3.47. The molecule has 0 spiro atoms. The Morgan fingerprint density at radius 2 is 1.97 bits per heavy atom. The number of nitrogens with zero attached hydrogens (tertiary/aromatic N) is 2. The molecule has 0 fully saturated rings. The molecule has 0 aliphatic rings. The van der Waals surface area contributed by atoms with Gasteiger partial charge in [0, 0.05) is 5.02 Å². The Labute approximate surface area is 175 Å². The highest BCUT2D eigenvalue weighted by atomic mass is 35.5. The van der Waals surface area contributed by atoms with Crippen LogP contribution in [0.4, 0.5) is 5.69 Å². The van der Waals surface area contributed by atoms with Crippen molar-refractivity contribution in [1.29, 1.82) is 0 Å². The first kappa shape index (κ1) is 22.4. The summed E-state index contributed by atoms with van der Waals surface area (Å²) in [6, 6.07) is 11.9. The lowest BCUT2D eigenvalue weighted by Crippen LogP contribution is -2.39. The van der Waals surface area contributed by atoms with Crippen molar-refractivity contribution in [3.63, 3.8) is 0 Å². The minimum Gasteiger partial charge on any atom is -0.490 e. The number of halogens is 1. The molecule has 0 saturated carbocycles. The molecule has 1 N–H and O–H groups in total. The van der Waals surface area contributed by atoms with Gasteiger partial charge in [-0.15, -0.1) is 0 Å². The van der Waals surface area contributed by atoms with Gasteiger partial charge in [0.2, 0.25) is 10.0 Å². The number of hydrogen-bond donors (Lipinski definition) is 1. The fraction of sp³-hybridized carbons (Fsp3) is 0.200. The Kier molecular flexibility index (Phi) is 7.81. The van der Waals surface area contributed by atoms with Gasteiger partial charge in [0.15, 0.2) is 0 Å². The Morgan fingerprint density at radius 3 is 2.59 bits per heavy atom. The van der Waals surface area contributed by atoms with Gasteiger partial charge >= 0.3 is 0 Å². The van der Waals surface area contributed by atoms with Gasteiger partial charge in [-0.2, -0.15) is 5.10 Å². The number of ether oxygens (including phenoxy) is 1. The molecule has 9 heteroatoms. The molecule has 0 bridgehead atoms. The standard InChI is InChI=1S/C20H22ClN3O4S/c1-4-12-28-17-10-8-16(9-11-17)13-22-23-20(25)14-24(29(3,26)27)19-7-5-6-18(21)15(19)2/h4-11,13H,1,12,14H2,2-3H3,(H,23,25)/b22-13-. The van der Waals surface area contributed by atoms with Crippen LogP contribution in [0.5, 0.6) is 5.75 Å². The molecule has 2 aromatic carbocycles. The predicted octanol–water partition coefficient (Wildman–Crippen LogP) is 3.13. The van der Waals surface area contributed by atoms with E-state index >= 15 is 0 Å². The summed E-state index contributed by atoms with van der Waals surface area (Å²) in [7, 11) is -3.70. The van der Waals surface area contributed by atoms with Crippen LogP contribution in [0, 0.1) is 6.92 Å². The van der Waals surface area contributed by atoms with Crippen molar-refractivity contribution in [2.45, 2.75) is 6.92 Å². The van der Waals surface area contributed by atoms with Crippen LogP contribution in [-0.2, 0) is 14.8 Å². The van der Waals surface area contributed by atoms with Crippen LogP contribution in [0.3, 0.4) is 0 Å². The molecular weight excluding hydrogens is 414 g/mol. The molecule has 2 rings (SSSR count). The summed E-state index contributed by atoms with van der Waals surface area (Å²) < 4.78 is 30.7. The average molecular weight is 436 g/mol. The molecule has 0 radical (unpaired) electrons. The van der Waals surface area contributed by atoms with E-state index in [1.807, 2.05) is 0 Å². The predicted molar refractivity (Wildman–Crippen MR) is 116 cm³/mol. The number of amides is 1. The molecule has 0 aromatic heterocycles. The van der Waals surface area contributed by atoms with Gasteiger partial charge in [-0.05, 0) is 54.4 Å². The topological polar surface area (TPSA) is 88.1 Å². The molecule has 0 aliphatic carbocycles. The zero-order chi connectivity index (χ0) is 21.4. The molecule has 0 aliphatic heterocycles. The minimum atomic E-state index is -3.70. The Hall–Kier alpha value is -2.84. The molecule has 7 nitrogen and oxygen atoms in total. The fourth-order valence-electron chi connectivity index (χ4n) is 2.40. The molecule has 2 aromatic rings. The Bertz CT molecular complexity index is 1000. The average Bonchev–Trinajstić information content (AvgIpc) is 2.67. The van der Waals surface area contributed by atoms with Crippen LogP contribution in [-0.4, -0.2) is 39.9 Å². The second kappa shape index (κ2) is 10.1. The third-order valence-electron chi connectivity index (χ3n) is 3.85. The lowest BCUT2D eigenvalue weighted by atomic mass is 10.2. The van der Waals surface area contributed by atoms with Gasteiger partial charge in [0.1, 0.15) is 18.9 Å². The summed E-state index contributed by atoms with van der Waals surface area (Å²) in [6.07, 6.45) is 4.13. The SMILES string of the molecule is C=CCOc1ccc(/C=N\NC(=O)CN(c2cccc(Cl)c2C)S(C)(=O)=O)cc1. The van der Waals surface area contributed by atoms with E-state index in [1.54, 1.807) is 55.5 Å². The van der Waals surface area contributed by atoms with Crippen molar-refractivity contribution in [3.8, 4) is 5.75 Å². The van der Waals surface area contributed by atoms with E-state index < -0.39 is 22.5 Å². The van der Waals surface area contributed by atoms with E-state index in [1.165, 1.54) is 6.21 Å². The smallest absolute Gasteiger partial charge is 0.260 e. The zero-order valence-corrected chi connectivity index (χ0v) is 17.7. The Morgan fingerprint density at radius 1 is 1.28 bits per heavy atom. The maximum atomic E-state index is 12.2. The number of sulfonamides is 1. The summed E-state index contributed by atoms with van der Waals surface area (Å²) >= 11 is 6.08. The number of hydrogen-bond acceptors (Lipinski definition) is 5. The summed E-state index contributed by atoms with van der Waals surface area (Å²) in [5, 5.41) is 4.29. The van der Waals surface area contributed by atoms with E-state index in [0.29, 0.717) is 28.6 Å².